The first kappa shape index (κ1) is 19.9. The van der Waals surface area contributed by atoms with Gasteiger partial charge in [-0.05, 0) is 49.2 Å². The van der Waals surface area contributed by atoms with E-state index in [0.717, 1.165) is 36.4 Å². The highest BCUT2D eigenvalue weighted by molar-refractivity contribution is 6.31. The molecule has 0 aliphatic carbocycles. The molecule has 0 saturated heterocycles. The van der Waals surface area contributed by atoms with Crippen molar-refractivity contribution in [3.8, 4) is 0 Å². The van der Waals surface area contributed by atoms with Crippen LogP contribution in [0.4, 0.5) is 21.5 Å². The molecule has 0 saturated carbocycles. The van der Waals surface area contributed by atoms with Crippen molar-refractivity contribution < 1.29 is 13.9 Å². The molecule has 6 heteroatoms. The number of aryl methyl sites for hydroxylation is 1. The summed E-state index contributed by atoms with van der Waals surface area (Å²) in [7, 11) is 1.71. The maximum Gasteiger partial charge on any atom is 0.257 e. The topological polar surface area (TPSA) is 53.6 Å². The summed E-state index contributed by atoms with van der Waals surface area (Å²) in [5, 5.41) is 5.82. The number of halogens is 1. The minimum atomic E-state index is -0.413. The van der Waals surface area contributed by atoms with Gasteiger partial charge in [0.05, 0.1) is 17.9 Å². The predicted molar refractivity (Wildman–Crippen MR) is 112 cm³/mol. The maximum atomic E-state index is 14.1. The van der Waals surface area contributed by atoms with Gasteiger partial charge < -0.3 is 20.3 Å². The van der Waals surface area contributed by atoms with Gasteiger partial charge in [0.1, 0.15) is 5.82 Å². The lowest BCUT2D eigenvalue weighted by molar-refractivity contribution is -0.110. The van der Waals surface area contributed by atoms with E-state index < -0.39 is 5.82 Å². The Bertz CT molecular complexity index is 895. The Kier molecular flexibility index (Phi) is 6.31. The van der Waals surface area contributed by atoms with Crippen LogP contribution in [0.15, 0.2) is 42.6 Å². The van der Waals surface area contributed by atoms with Gasteiger partial charge in [-0.25, -0.2) is 4.39 Å². The lowest BCUT2D eigenvalue weighted by Crippen LogP contribution is -2.28. The Balaban J connectivity index is 1.80. The molecule has 0 unspecified atom stereocenters. The van der Waals surface area contributed by atoms with E-state index in [0.29, 0.717) is 23.4 Å². The summed E-state index contributed by atoms with van der Waals surface area (Å²) in [5.41, 5.74) is 4.22. The number of benzene rings is 2. The van der Waals surface area contributed by atoms with Crippen LogP contribution in [0.1, 0.15) is 24.5 Å². The number of ether oxygens (including phenoxy) is 1. The highest BCUT2D eigenvalue weighted by Gasteiger charge is 2.27. The zero-order chi connectivity index (χ0) is 20.1. The van der Waals surface area contributed by atoms with Crippen LogP contribution in [0, 0.1) is 12.7 Å². The average Bonchev–Trinajstić information content (AvgIpc) is 3.00. The molecule has 1 aliphatic heterocycles. The lowest BCUT2D eigenvalue weighted by Gasteiger charge is -2.26. The summed E-state index contributed by atoms with van der Waals surface area (Å²) in [5.74, 6) is -0.724. The van der Waals surface area contributed by atoms with Gasteiger partial charge in [0, 0.05) is 43.3 Å². The molecular formula is C22H26FN3O2. The first-order chi connectivity index (χ1) is 13.5. The zero-order valence-electron chi connectivity index (χ0n) is 16.5. The summed E-state index contributed by atoms with van der Waals surface area (Å²) in [4.78, 5) is 14.5. The Hall–Kier alpha value is -2.86. The maximum absolute atomic E-state index is 14.1. The highest BCUT2D eigenvalue weighted by Crippen LogP contribution is 2.34. The number of hydrogen-bond donors (Lipinski definition) is 2. The predicted octanol–water partition coefficient (Wildman–Crippen LogP) is 4.40. The van der Waals surface area contributed by atoms with Crippen LogP contribution in [0.2, 0.25) is 0 Å². The number of anilines is 3. The Morgan fingerprint density at radius 2 is 2.07 bits per heavy atom. The molecule has 1 aliphatic rings. The van der Waals surface area contributed by atoms with Gasteiger partial charge in [-0.2, -0.15) is 0 Å². The van der Waals surface area contributed by atoms with Crippen molar-refractivity contribution >= 4 is 28.5 Å². The van der Waals surface area contributed by atoms with Crippen LogP contribution >= 0.6 is 0 Å². The third-order valence-corrected chi connectivity index (χ3v) is 4.76. The first-order valence-corrected chi connectivity index (χ1v) is 9.46. The van der Waals surface area contributed by atoms with Crippen molar-refractivity contribution in [3.05, 3.63) is 59.5 Å². The normalized spacial score (nSPS) is 14.1. The standard InChI is InChI=1S/C22H26FN3O2/c1-4-10-26(11-12-28-3)20-9-8-16(13-15(20)2)24-14-17-21-18(23)6-5-7-19(21)25-22(17)27/h5-9,13-14,24H,4,10-12H2,1-3H3,(H,25,27)/b17-14+. The lowest BCUT2D eigenvalue weighted by atomic mass is 10.1. The average molecular weight is 383 g/mol. The fourth-order valence-corrected chi connectivity index (χ4v) is 3.42. The number of carbonyl (C=O) groups is 1. The molecule has 5 nitrogen and oxygen atoms in total. The van der Waals surface area contributed by atoms with E-state index >= 15 is 0 Å². The van der Waals surface area contributed by atoms with Crippen molar-refractivity contribution in [2.45, 2.75) is 20.3 Å². The van der Waals surface area contributed by atoms with Crippen molar-refractivity contribution in [1.29, 1.82) is 0 Å². The SMILES string of the molecule is CCCN(CCOC)c1ccc(N/C=C2/C(=O)Nc3cccc(F)c32)cc1C. The highest BCUT2D eigenvalue weighted by atomic mass is 19.1. The number of nitrogens with zero attached hydrogens (tertiary/aromatic N) is 1. The van der Waals surface area contributed by atoms with Crippen LogP contribution in [-0.2, 0) is 9.53 Å². The van der Waals surface area contributed by atoms with Crippen LogP contribution in [0.25, 0.3) is 5.57 Å². The van der Waals surface area contributed by atoms with Gasteiger partial charge in [-0.1, -0.05) is 13.0 Å². The summed E-state index contributed by atoms with van der Waals surface area (Å²) < 4.78 is 19.4. The van der Waals surface area contributed by atoms with E-state index in [4.69, 9.17) is 4.74 Å². The van der Waals surface area contributed by atoms with E-state index in [9.17, 15) is 9.18 Å². The van der Waals surface area contributed by atoms with Gasteiger partial charge in [0.25, 0.3) is 5.91 Å². The van der Waals surface area contributed by atoms with Crippen molar-refractivity contribution in [2.75, 3.05) is 42.3 Å². The molecule has 28 heavy (non-hydrogen) atoms. The van der Waals surface area contributed by atoms with Crippen molar-refractivity contribution in [1.82, 2.24) is 0 Å². The molecule has 2 aromatic rings. The van der Waals surface area contributed by atoms with E-state index in [1.165, 1.54) is 6.07 Å². The third-order valence-electron chi connectivity index (χ3n) is 4.76. The fourth-order valence-electron chi connectivity index (χ4n) is 3.42. The second-order valence-electron chi connectivity index (χ2n) is 6.80. The smallest absolute Gasteiger partial charge is 0.257 e. The van der Waals surface area contributed by atoms with Gasteiger partial charge in [0.2, 0.25) is 0 Å². The van der Waals surface area contributed by atoms with Gasteiger partial charge >= 0.3 is 0 Å². The summed E-state index contributed by atoms with van der Waals surface area (Å²) >= 11 is 0. The van der Waals surface area contributed by atoms with E-state index in [1.807, 2.05) is 12.1 Å². The molecule has 0 radical (unpaired) electrons. The summed E-state index contributed by atoms with van der Waals surface area (Å²) in [6.07, 6.45) is 2.61. The first-order valence-electron chi connectivity index (χ1n) is 9.46. The number of carbonyl (C=O) groups excluding carboxylic acids is 1. The second-order valence-corrected chi connectivity index (χ2v) is 6.80. The Morgan fingerprint density at radius 3 is 2.79 bits per heavy atom. The molecule has 1 amide bonds. The molecule has 0 fully saturated rings. The molecule has 0 aromatic heterocycles. The third kappa shape index (κ3) is 4.17. The number of hydrogen-bond acceptors (Lipinski definition) is 4. The Labute approximate surface area is 165 Å². The van der Waals surface area contributed by atoms with E-state index in [1.54, 1.807) is 25.4 Å². The molecule has 0 spiro atoms. The molecular weight excluding hydrogens is 357 g/mol. The van der Waals surface area contributed by atoms with Gasteiger partial charge in [0.15, 0.2) is 0 Å². The monoisotopic (exact) mass is 383 g/mol. The van der Waals surface area contributed by atoms with Crippen molar-refractivity contribution in [2.24, 2.45) is 0 Å². The van der Waals surface area contributed by atoms with Crippen LogP contribution in [0.5, 0.6) is 0 Å². The Morgan fingerprint density at radius 1 is 1.25 bits per heavy atom. The van der Waals surface area contributed by atoms with Crippen molar-refractivity contribution in [3.63, 3.8) is 0 Å². The van der Waals surface area contributed by atoms with Crippen LogP contribution in [-0.4, -0.2) is 32.7 Å². The second kappa shape index (κ2) is 8.89. The minimum Gasteiger partial charge on any atom is -0.383 e. The summed E-state index contributed by atoms with van der Waals surface area (Å²) in [6.45, 7) is 6.67. The van der Waals surface area contributed by atoms with Gasteiger partial charge in [-0.15, -0.1) is 0 Å². The molecule has 1 heterocycles. The van der Waals surface area contributed by atoms with E-state index in [2.05, 4.69) is 35.4 Å². The molecule has 2 aromatic carbocycles. The summed E-state index contributed by atoms with van der Waals surface area (Å²) in [6, 6.07) is 10.7. The van der Waals surface area contributed by atoms with Gasteiger partial charge in [-0.3, -0.25) is 4.79 Å². The number of amides is 1. The molecule has 148 valence electrons. The zero-order valence-corrected chi connectivity index (χ0v) is 16.5. The fraction of sp³-hybridized carbons (Fsp3) is 0.318. The number of methoxy groups -OCH3 is 1. The quantitative estimate of drug-likeness (QED) is 0.664. The largest absolute Gasteiger partial charge is 0.383 e. The van der Waals surface area contributed by atoms with Crippen LogP contribution < -0.4 is 15.5 Å². The molecule has 3 rings (SSSR count). The van der Waals surface area contributed by atoms with Crippen LogP contribution in [0.3, 0.4) is 0 Å². The number of nitrogens with one attached hydrogen (secondary N) is 2. The number of rotatable bonds is 8. The molecule has 2 N–H and O–H groups in total. The number of fused-ring (bicyclic) bond motifs is 1. The minimum absolute atomic E-state index is 0.294. The van der Waals surface area contributed by atoms with E-state index in [-0.39, 0.29) is 5.91 Å². The molecule has 0 atom stereocenters. The molecule has 0 bridgehead atoms.